The maximum Gasteiger partial charge on any atom is 0.317 e. The lowest BCUT2D eigenvalue weighted by atomic mass is 10.0. The Hall–Kier alpha value is -1.01. The van der Waals surface area contributed by atoms with Gasteiger partial charge in [0, 0.05) is 32.7 Å². The largest absolute Gasteiger partial charge is 0.338 e. The van der Waals surface area contributed by atoms with Gasteiger partial charge in [-0.2, -0.15) is 0 Å². The zero-order valence-corrected chi connectivity index (χ0v) is 12.9. The van der Waals surface area contributed by atoms with Gasteiger partial charge in [-0.25, -0.2) is 4.79 Å². The number of carbonyl (C=O) groups excluding carboxylic acids is 2. The molecule has 0 bridgehead atoms. The van der Waals surface area contributed by atoms with Crippen LogP contribution in [-0.2, 0) is 4.79 Å². The van der Waals surface area contributed by atoms with E-state index >= 15 is 0 Å². The molecule has 2 aliphatic rings. The molecule has 0 aromatic carbocycles. The van der Waals surface area contributed by atoms with Crippen LogP contribution in [0.2, 0.25) is 0 Å². The second kappa shape index (κ2) is 8.32. The molecule has 2 fully saturated rings. The second-order valence-electron chi connectivity index (χ2n) is 5.15. The average molecular weight is 305 g/mol. The highest BCUT2D eigenvalue weighted by Gasteiger charge is 2.29. The van der Waals surface area contributed by atoms with Gasteiger partial charge in [0.1, 0.15) is 0 Å². The van der Waals surface area contributed by atoms with Crippen molar-refractivity contribution >= 4 is 24.3 Å². The van der Waals surface area contributed by atoms with Crippen molar-refractivity contribution in [1.29, 1.82) is 0 Å². The van der Waals surface area contributed by atoms with Crippen LogP contribution in [0.3, 0.4) is 0 Å². The first kappa shape index (κ1) is 17.0. The molecule has 2 heterocycles. The normalized spacial score (nSPS) is 22.9. The smallest absolute Gasteiger partial charge is 0.317 e. The third-order valence-corrected chi connectivity index (χ3v) is 3.81. The summed E-state index contributed by atoms with van der Waals surface area (Å²) in [6.07, 6.45) is 3.23. The van der Waals surface area contributed by atoms with Crippen molar-refractivity contribution in [3.8, 4) is 0 Å². The highest BCUT2D eigenvalue weighted by Crippen LogP contribution is 2.11. The molecule has 7 heteroatoms. The summed E-state index contributed by atoms with van der Waals surface area (Å²) >= 11 is 0. The van der Waals surface area contributed by atoms with Crippen LogP contribution in [0.4, 0.5) is 4.79 Å². The minimum atomic E-state index is -0.0228. The number of piperidine rings is 1. The number of urea groups is 1. The highest BCUT2D eigenvalue weighted by molar-refractivity contribution is 5.85. The van der Waals surface area contributed by atoms with Crippen LogP contribution in [0.1, 0.15) is 26.2 Å². The minimum Gasteiger partial charge on any atom is -0.338 e. The maximum absolute atomic E-state index is 12.3. The highest BCUT2D eigenvalue weighted by atomic mass is 35.5. The summed E-state index contributed by atoms with van der Waals surface area (Å²) in [7, 11) is 0. The summed E-state index contributed by atoms with van der Waals surface area (Å²) in [5.41, 5.74) is 0. The van der Waals surface area contributed by atoms with Crippen LogP contribution in [0.15, 0.2) is 0 Å². The van der Waals surface area contributed by atoms with Crippen molar-refractivity contribution in [2.24, 2.45) is 0 Å². The van der Waals surface area contributed by atoms with E-state index in [0.29, 0.717) is 32.7 Å². The minimum absolute atomic E-state index is 0. The Balaban J connectivity index is 0.00000200. The van der Waals surface area contributed by atoms with Crippen LogP contribution in [-0.4, -0.2) is 67.0 Å². The van der Waals surface area contributed by atoms with Gasteiger partial charge in [-0.05, 0) is 26.3 Å². The molecule has 6 nitrogen and oxygen atoms in total. The molecule has 0 radical (unpaired) electrons. The van der Waals surface area contributed by atoms with Crippen LogP contribution < -0.4 is 10.6 Å². The number of amides is 3. The number of rotatable bonds is 2. The van der Waals surface area contributed by atoms with Crippen molar-refractivity contribution in [3.05, 3.63) is 0 Å². The number of carbonyl (C=O) groups is 2. The van der Waals surface area contributed by atoms with E-state index in [4.69, 9.17) is 0 Å². The van der Waals surface area contributed by atoms with Crippen molar-refractivity contribution in [2.45, 2.75) is 32.2 Å². The van der Waals surface area contributed by atoms with Crippen LogP contribution in [0.25, 0.3) is 0 Å². The molecule has 20 heavy (non-hydrogen) atoms. The van der Waals surface area contributed by atoms with Crippen LogP contribution in [0, 0.1) is 0 Å². The Morgan fingerprint density at radius 3 is 2.35 bits per heavy atom. The topological polar surface area (TPSA) is 64.7 Å². The van der Waals surface area contributed by atoms with E-state index in [0.717, 1.165) is 25.8 Å². The average Bonchev–Trinajstić information content (AvgIpc) is 2.48. The number of hydrogen-bond acceptors (Lipinski definition) is 3. The molecular formula is C13H25ClN4O2. The Kier molecular flexibility index (Phi) is 7.09. The van der Waals surface area contributed by atoms with Crippen LogP contribution in [0.5, 0.6) is 0 Å². The van der Waals surface area contributed by atoms with Crippen molar-refractivity contribution in [2.75, 3.05) is 39.3 Å². The molecule has 1 unspecified atom stereocenters. The standard InChI is InChI=1S/C13H24N4O2.ClH/c1-2-14-13(19)17-9-7-16(8-10-17)12(18)11-5-3-4-6-15-11;/h11,15H,2-10H2,1H3,(H,14,19);1H. The lowest BCUT2D eigenvalue weighted by Gasteiger charge is -2.37. The van der Waals surface area contributed by atoms with Gasteiger partial charge < -0.3 is 20.4 Å². The first-order valence-electron chi connectivity index (χ1n) is 7.27. The molecule has 3 amide bonds. The van der Waals surface area contributed by atoms with E-state index in [2.05, 4.69) is 10.6 Å². The number of halogens is 1. The molecule has 0 spiro atoms. The molecule has 116 valence electrons. The third-order valence-electron chi connectivity index (χ3n) is 3.81. The molecule has 0 saturated carbocycles. The molecule has 2 rings (SSSR count). The van der Waals surface area contributed by atoms with E-state index in [9.17, 15) is 9.59 Å². The fourth-order valence-electron chi connectivity index (χ4n) is 2.68. The van der Waals surface area contributed by atoms with E-state index in [1.165, 1.54) is 0 Å². The van der Waals surface area contributed by atoms with Crippen LogP contribution >= 0.6 is 12.4 Å². The lowest BCUT2D eigenvalue weighted by molar-refractivity contribution is -0.135. The first-order valence-corrected chi connectivity index (χ1v) is 7.27. The van der Waals surface area contributed by atoms with Gasteiger partial charge in [-0.1, -0.05) is 6.42 Å². The SMILES string of the molecule is CCNC(=O)N1CCN(C(=O)C2CCCCN2)CC1.Cl. The van der Waals surface area contributed by atoms with Gasteiger partial charge in [-0.15, -0.1) is 12.4 Å². The molecule has 2 aliphatic heterocycles. The Morgan fingerprint density at radius 1 is 1.15 bits per heavy atom. The van der Waals surface area contributed by atoms with Crippen molar-refractivity contribution in [3.63, 3.8) is 0 Å². The lowest BCUT2D eigenvalue weighted by Crippen LogP contribution is -2.57. The summed E-state index contributed by atoms with van der Waals surface area (Å²) in [5.74, 6) is 0.204. The summed E-state index contributed by atoms with van der Waals surface area (Å²) in [5, 5.41) is 6.08. The summed E-state index contributed by atoms with van der Waals surface area (Å²) in [6, 6.07) is -0.0323. The molecule has 0 aromatic heterocycles. The van der Waals surface area contributed by atoms with Gasteiger partial charge in [0.05, 0.1) is 6.04 Å². The van der Waals surface area contributed by atoms with E-state index in [-0.39, 0.29) is 30.4 Å². The number of nitrogens with one attached hydrogen (secondary N) is 2. The van der Waals surface area contributed by atoms with Gasteiger partial charge in [0.15, 0.2) is 0 Å². The van der Waals surface area contributed by atoms with Gasteiger partial charge >= 0.3 is 6.03 Å². The molecule has 2 saturated heterocycles. The molecule has 1 atom stereocenters. The number of piperazine rings is 1. The quantitative estimate of drug-likeness (QED) is 0.777. The fourth-order valence-corrected chi connectivity index (χ4v) is 2.68. The van der Waals surface area contributed by atoms with Gasteiger partial charge in [-0.3, -0.25) is 4.79 Å². The van der Waals surface area contributed by atoms with Crippen molar-refractivity contribution in [1.82, 2.24) is 20.4 Å². The monoisotopic (exact) mass is 304 g/mol. The fraction of sp³-hybridized carbons (Fsp3) is 0.846. The van der Waals surface area contributed by atoms with Gasteiger partial charge in [0.25, 0.3) is 0 Å². The van der Waals surface area contributed by atoms with E-state index < -0.39 is 0 Å². The molecule has 0 aromatic rings. The first-order chi connectivity index (χ1) is 9.22. The third kappa shape index (κ3) is 4.24. The molecule has 0 aliphatic carbocycles. The number of hydrogen-bond donors (Lipinski definition) is 2. The summed E-state index contributed by atoms with van der Waals surface area (Å²) < 4.78 is 0. The summed E-state index contributed by atoms with van der Waals surface area (Å²) in [6.45, 7) is 6.04. The van der Waals surface area contributed by atoms with Crippen molar-refractivity contribution < 1.29 is 9.59 Å². The second-order valence-corrected chi connectivity index (χ2v) is 5.15. The van der Waals surface area contributed by atoms with E-state index in [1.807, 2.05) is 11.8 Å². The predicted molar refractivity (Wildman–Crippen MR) is 80.1 cm³/mol. The number of nitrogens with zero attached hydrogens (tertiary/aromatic N) is 2. The van der Waals surface area contributed by atoms with E-state index in [1.54, 1.807) is 4.90 Å². The Labute approximate surface area is 126 Å². The van der Waals surface area contributed by atoms with Gasteiger partial charge in [0.2, 0.25) is 5.91 Å². The molecule has 2 N–H and O–H groups in total. The Bertz CT molecular complexity index is 326. The maximum atomic E-state index is 12.3. The predicted octanol–water partition coefficient (Wildman–Crippen LogP) is 0.424. The Morgan fingerprint density at radius 2 is 1.80 bits per heavy atom. The molecular weight excluding hydrogens is 280 g/mol. The summed E-state index contributed by atoms with van der Waals surface area (Å²) in [4.78, 5) is 27.6. The zero-order valence-electron chi connectivity index (χ0n) is 12.1. The zero-order chi connectivity index (χ0) is 13.7.